The summed E-state index contributed by atoms with van der Waals surface area (Å²) in [4.78, 5) is 1.88. The first kappa shape index (κ1) is 17.0. The van der Waals surface area contributed by atoms with Gasteiger partial charge in [-0.25, -0.2) is 4.39 Å². The number of halogens is 4. The summed E-state index contributed by atoms with van der Waals surface area (Å²) in [6, 6.07) is 3.08. The van der Waals surface area contributed by atoms with Crippen LogP contribution < -0.4 is 4.74 Å². The molecular formula is C15H19F4NO2. The number of hydrogen-bond acceptors (Lipinski definition) is 3. The molecule has 0 saturated heterocycles. The van der Waals surface area contributed by atoms with E-state index >= 15 is 0 Å². The van der Waals surface area contributed by atoms with E-state index in [2.05, 4.69) is 4.74 Å². The normalized spacial score (nSPS) is 26.3. The largest absolute Gasteiger partial charge is 0.573 e. The Kier molecular flexibility index (Phi) is 4.97. The predicted octanol–water partition coefficient (Wildman–Crippen LogP) is 3.28. The van der Waals surface area contributed by atoms with Gasteiger partial charge in [-0.05, 0) is 57.0 Å². The third-order valence-electron chi connectivity index (χ3n) is 4.04. The SMILES string of the molecule is CN(C)[C@H]1C[C@@H](c2cc(F)cc(OC(F)(F)F)c2)CC[C@@H]1O. The van der Waals surface area contributed by atoms with Crippen molar-refractivity contribution in [3.8, 4) is 5.75 Å². The van der Waals surface area contributed by atoms with E-state index in [0.717, 1.165) is 6.07 Å². The van der Waals surface area contributed by atoms with Crippen LogP contribution in [-0.4, -0.2) is 42.6 Å². The average molecular weight is 321 g/mol. The number of ether oxygens (including phenoxy) is 1. The molecule has 0 radical (unpaired) electrons. The number of aliphatic hydroxyl groups is 1. The number of nitrogens with zero attached hydrogens (tertiary/aromatic N) is 1. The first-order chi connectivity index (χ1) is 10.2. The van der Waals surface area contributed by atoms with Gasteiger partial charge in [-0.3, -0.25) is 0 Å². The maximum Gasteiger partial charge on any atom is 0.573 e. The highest BCUT2D eigenvalue weighted by molar-refractivity contribution is 5.32. The molecule has 7 heteroatoms. The third kappa shape index (κ3) is 4.33. The Labute approximate surface area is 126 Å². The molecule has 1 N–H and O–H groups in total. The molecule has 0 amide bonds. The van der Waals surface area contributed by atoms with Crippen LogP contribution in [0.3, 0.4) is 0 Å². The van der Waals surface area contributed by atoms with Gasteiger partial charge in [-0.2, -0.15) is 0 Å². The first-order valence-electron chi connectivity index (χ1n) is 7.06. The highest BCUT2D eigenvalue weighted by Gasteiger charge is 2.34. The molecule has 1 aromatic rings. The monoisotopic (exact) mass is 321 g/mol. The van der Waals surface area contributed by atoms with E-state index in [0.29, 0.717) is 24.8 Å². The Bertz CT molecular complexity index is 519. The highest BCUT2D eigenvalue weighted by atomic mass is 19.4. The molecule has 22 heavy (non-hydrogen) atoms. The van der Waals surface area contributed by atoms with Gasteiger partial charge in [0.25, 0.3) is 0 Å². The summed E-state index contributed by atoms with van der Waals surface area (Å²) in [5, 5.41) is 9.98. The number of alkyl halides is 3. The van der Waals surface area contributed by atoms with Crippen molar-refractivity contribution in [1.29, 1.82) is 0 Å². The average Bonchev–Trinajstić information content (AvgIpc) is 2.35. The van der Waals surface area contributed by atoms with Crippen LogP contribution in [0.25, 0.3) is 0 Å². The van der Waals surface area contributed by atoms with Crippen molar-refractivity contribution in [2.75, 3.05) is 14.1 Å². The summed E-state index contributed by atoms with van der Waals surface area (Å²) in [6.07, 6.45) is -3.64. The second kappa shape index (κ2) is 6.42. The lowest BCUT2D eigenvalue weighted by atomic mass is 9.79. The van der Waals surface area contributed by atoms with E-state index in [-0.39, 0.29) is 12.0 Å². The summed E-state index contributed by atoms with van der Waals surface area (Å²) in [5.74, 6) is -1.42. The van der Waals surface area contributed by atoms with Gasteiger partial charge in [-0.15, -0.1) is 13.2 Å². The Balaban J connectivity index is 2.21. The summed E-state index contributed by atoms with van der Waals surface area (Å²) in [5.41, 5.74) is 0.470. The number of benzene rings is 1. The summed E-state index contributed by atoms with van der Waals surface area (Å²) < 4.78 is 54.2. The molecule has 124 valence electrons. The van der Waals surface area contributed by atoms with E-state index in [1.807, 2.05) is 19.0 Å². The zero-order valence-electron chi connectivity index (χ0n) is 12.4. The Morgan fingerprint density at radius 1 is 1.18 bits per heavy atom. The van der Waals surface area contributed by atoms with E-state index in [1.165, 1.54) is 12.1 Å². The highest BCUT2D eigenvalue weighted by Crippen LogP contribution is 2.37. The lowest BCUT2D eigenvalue weighted by Gasteiger charge is -2.37. The fraction of sp³-hybridized carbons (Fsp3) is 0.600. The van der Waals surface area contributed by atoms with Gasteiger partial charge in [-0.1, -0.05) is 0 Å². The fourth-order valence-corrected chi connectivity index (χ4v) is 3.00. The van der Waals surface area contributed by atoms with Gasteiger partial charge in [0.15, 0.2) is 0 Å². The number of aliphatic hydroxyl groups excluding tert-OH is 1. The molecular weight excluding hydrogens is 302 g/mol. The van der Waals surface area contributed by atoms with Crippen LogP contribution in [-0.2, 0) is 0 Å². The number of hydrogen-bond donors (Lipinski definition) is 1. The van der Waals surface area contributed by atoms with Gasteiger partial charge in [0, 0.05) is 12.1 Å². The smallest absolute Gasteiger partial charge is 0.406 e. The summed E-state index contributed by atoms with van der Waals surface area (Å²) in [7, 11) is 3.67. The predicted molar refractivity (Wildman–Crippen MR) is 73.2 cm³/mol. The molecule has 1 saturated carbocycles. The molecule has 0 bridgehead atoms. The summed E-state index contributed by atoms with van der Waals surface area (Å²) in [6.45, 7) is 0. The Hall–Kier alpha value is -1.34. The topological polar surface area (TPSA) is 32.7 Å². The minimum atomic E-state index is -4.85. The molecule has 0 unspecified atom stereocenters. The molecule has 0 aliphatic heterocycles. The second-order valence-electron chi connectivity index (χ2n) is 5.88. The van der Waals surface area contributed by atoms with E-state index in [9.17, 15) is 22.7 Å². The summed E-state index contributed by atoms with van der Waals surface area (Å²) >= 11 is 0. The quantitative estimate of drug-likeness (QED) is 0.867. The van der Waals surface area contributed by atoms with E-state index < -0.39 is 24.0 Å². The molecule has 1 aliphatic carbocycles. The molecule has 1 aromatic carbocycles. The molecule has 0 heterocycles. The van der Waals surface area contributed by atoms with Crippen LogP contribution in [0.4, 0.5) is 17.6 Å². The van der Waals surface area contributed by atoms with Crippen molar-refractivity contribution >= 4 is 0 Å². The van der Waals surface area contributed by atoms with E-state index in [1.54, 1.807) is 0 Å². The van der Waals surface area contributed by atoms with Crippen LogP contribution >= 0.6 is 0 Å². The molecule has 1 fully saturated rings. The van der Waals surface area contributed by atoms with Gasteiger partial charge >= 0.3 is 6.36 Å². The Morgan fingerprint density at radius 3 is 2.45 bits per heavy atom. The van der Waals surface area contributed by atoms with Crippen LogP contribution in [0.2, 0.25) is 0 Å². The zero-order valence-corrected chi connectivity index (χ0v) is 12.4. The Morgan fingerprint density at radius 2 is 1.86 bits per heavy atom. The minimum Gasteiger partial charge on any atom is -0.406 e. The van der Waals surface area contributed by atoms with E-state index in [4.69, 9.17) is 0 Å². The maximum absolute atomic E-state index is 13.6. The van der Waals surface area contributed by atoms with Crippen LogP contribution in [0, 0.1) is 5.82 Å². The minimum absolute atomic E-state index is 0.103. The standard InChI is InChI=1S/C15H19F4NO2/c1-20(2)13-7-9(3-4-14(13)21)10-5-11(16)8-12(6-10)22-15(17,18)19/h5-6,8-9,13-14,21H,3-4,7H2,1-2H3/t9-,13-,14-/m0/s1. The lowest BCUT2D eigenvalue weighted by Crippen LogP contribution is -2.43. The van der Waals surface area contributed by atoms with Crippen molar-refractivity contribution in [2.45, 2.75) is 43.7 Å². The fourth-order valence-electron chi connectivity index (χ4n) is 3.00. The molecule has 2 rings (SSSR count). The van der Waals surface area contributed by atoms with Gasteiger partial charge in [0.2, 0.25) is 0 Å². The second-order valence-corrected chi connectivity index (χ2v) is 5.88. The van der Waals surface area contributed by atoms with Crippen molar-refractivity contribution in [3.05, 3.63) is 29.6 Å². The molecule has 0 aromatic heterocycles. The van der Waals surface area contributed by atoms with Gasteiger partial charge in [0.05, 0.1) is 6.10 Å². The molecule has 3 nitrogen and oxygen atoms in total. The van der Waals surface area contributed by atoms with Crippen LogP contribution in [0.15, 0.2) is 18.2 Å². The van der Waals surface area contributed by atoms with Crippen molar-refractivity contribution < 1.29 is 27.4 Å². The first-order valence-corrected chi connectivity index (χ1v) is 7.06. The molecule has 3 atom stereocenters. The van der Waals surface area contributed by atoms with Gasteiger partial charge < -0.3 is 14.7 Å². The third-order valence-corrected chi connectivity index (χ3v) is 4.04. The van der Waals surface area contributed by atoms with Crippen molar-refractivity contribution in [3.63, 3.8) is 0 Å². The lowest BCUT2D eigenvalue weighted by molar-refractivity contribution is -0.274. The van der Waals surface area contributed by atoms with Crippen molar-refractivity contribution in [2.24, 2.45) is 0 Å². The van der Waals surface area contributed by atoms with Crippen LogP contribution in [0.5, 0.6) is 5.75 Å². The zero-order chi connectivity index (χ0) is 16.5. The number of likely N-dealkylation sites (N-methyl/N-ethyl adjacent to an activating group) is 1. The van der Waals surface area contributed by atoms with Crippen LogP contribution in [0.1, 0.15) is 30.7 Å². The molecule has 1 aliphatic rings. The van der Waals surface area contributed by atoms with Crippen molar-refractivity contribution in [1.82, 2.24) is 4.90 Å². The van der Waals surface area contributed by atoms with Gasteiger partial charge in [0.1, 0.15) is 11.6 Å². The molecule has 0 spiro atoms. The maximum atomic E-state index is 13.6. The number of rotatable bonds is 3.